The van der Waals surface area contributed by atoms with Gasteiger partial charge in [0.05, 0.1) is 12.7 Å². The molecule has 1 amide bonds. The van der Waals surface area contributed by atoms with Crippen molar-refractivity contribution < 1.29 is 14.3 Å². The summed E-state index contributed by atoms with van der Waals surface area (Å²) in [5.74, 6) is -0.869. The number of methoxy groups -OCH3 is 1. The van der Waals surface area contributed by atoms with Gasteiger partial charge in [-0.05, 0) is 12.1 Å². The lowest BCUT2D eigenvalue weighted by Crippen LogP contribution is -2.12. The van der Waals surface area contributed by atoms with Gasteiger partial charge in [-0.15, -0.1) is 5.10 Å². The van der Waals surface area contributed by atoms with Crippen LogP contribution in [0.25, 0.3) is 5.82 Å². The molecule has 0 spiro atoms. The third-order valence-corrected chi connectivity index (χ3v) is 2.13. The monoisotopic (exact) mass is 247 g/mol. The number of rotatable bonds is 3. The summed E-state index contributed by atoms with van der Waals surface area (Å²) in [6.07, 6.45) is 2.63. The molecule has 0 aromatic carbocycles. The number of aromatic nitrogens is 4. The molecular weight excluding hydrogens is 238 g/mol. The number of primary amides is 1. The number of carbonyl (C=O) groups is 2. The SMILES string of the molecule is COC(=O)c1ncn(-c2ccc(C(N)=O)cn2)n1. The van der Waals surface area contributed by atoms with Crippen LogP contribution in [0, 0.1) is 0 Å². The molecule has 18 heavy (non-hydrogen) atoms. The van der Waals surface area contributed by atoms with Gasteiger partial charge in [0.2, 0.25) is 5.91 Å². The minimum atomic E-state index is -0.637. The number of pyridine rings is 1. The van der Waals surface area contributed by atoms with Crippen molar-refractivity contribution in [2.45, 2.75) is 0 Å². The van der Waals surface area contributed by atoms with Crippen molar-refractivity contribution in [2.24, 2.45) is 5.73 Å². The third-order valence-electron chi connectivity index (χ3n) is 2.13. The van der Waals surface area contributed by atoms with Crippen molar-refractivity contribution >= 4 is 11.9 Å². The first-order chi connectivity index (χ1) is 8.61. The molecule has 0 unspecified atom stereocenters. The molecule has 92 valence electrons. The van der Waals surface area contributed by atoms with Crippen LogP contribution in [-0.4, -0.2) is 38.7 Å². The van der Waals surface area contributed by atoms with E-state index in [-0.39, 0.29) is 11.4 Å². The molecule has 2 heterocycles. The Hall–Kier alpha value is -2.77. The van der Waals surface area contributed by atoms with Crippen LogP contribution in [0.4, 0.5) is 0 Å². The highest BCUT2D eigenvalue weighted by Crippen LogP contribution is 2.04. The lowest BCUT2D eigenvalue weighted by Gasteiger charge is -1.99. The topological polar surface area (TPSA) is 113 Å². The van der Waals surface area contributed by atoms with E-state index in [2.05, 4.69) is 19.8 Å². The van der Waals surface area contributed by atoms with E-state index in [1.165, 1.54) is 36.4 Å². The Morgan fingerprint density at radius 1 is 1.33 bits per heavy atom. The van der Waals surface area contributed by atoms with Crippen LogP contribution in [0.15, 0.2) is 24.7 Å². The fraction of sp³-hybridized carbons (Fsp3) is 0.100. The summed E-state index contributed by atoms with van der Waals surface area (Å²) in [5, 5.41) is 3.88. The van der Waals surface area contributed by atoms with Gasteiger partial charge in [-0.2, -0.15) is 0 Å². The Labute approximate surface area is 101 Å². The van der Waals surface area contributed by atoms with Gasteiger partial charge >= 0.3 is 5.97 Å². The maximum absolute atomic E-state index is 11.2. The minimum Gasteiger partial charge on any atom is -0.463 e. The molecule has 0 aliphatic rings. The standard InChI is InChI=1S/C10H9N5O3/c1-18-10(17)9-13-5-15(14-9)7-3-2-6(4-12-7)8(11)16/h2-5H,1H3,(H2,11,16). The molecule has 2 aromatic heterocycles. The number of ether oxygens (including phenoxy) is 1. The average molecular weight is 247 g/mol. The molecule has 0 saturated carbocycles. The summed E-state index contributed by atoms with van der Waals surface area (Å²) in [6.45, 7) is 0. The smallest absolute Gasteiger partial charge is 0.377 e. The molecule has 0 aliphatic heterocycles. The van der Waals surface area contributed by atoms with E-state index in [1.807, 2.05) is 0 Å². The molecule has 0 atom stereocenters. The fourth-order valence-corrected chi connectivity index (χ4v) is 1.23. The van der Waals surface area contributed by atoms with E-state index in [0.717, 1.165) is 0 Å². The van der Waals surface area contributed by atoms with Gasteiger partial charge in [-0.3, -0.25) is 4.79 Å². The Balaban J connectivity index is 2.29. The molecule has 2 rings (SSSR count). The second kappa shape index (κ2) is 4.62. The van der Waals surface area contributed by atoms with Crippen LogP contribution < -0.4 is 5.73 Å². The fourth-order valence-electron chi connectivity index (χ4n) is 1.23. The molecule has 0 aliphatic carbocycles. The Morgan fingerprint density at radius 3 is 2.67 bits per heavy atom. The van der Waals surface area contributed by atoms with Gasteiger partial charge in [0.15, 0.2) is 5.82 Å². The zero-order valence-corrected chi connectivity index (χ0v) is 9.40. The van der Waals surface area contributed by atoms with E-state index >= 15 is 0 Å². The number of amides is 1. The summed E-state index contributed by atoms with van der Waals surface area (Å²) in [7, 11) is 1.24. The first-order valence-corrected chi connectivity index (χ1v) is 4.88. The summed E-state index contributed by atoms with van der Waals surface area (Å²) < 4.78 is 5.77. The van der Waals surface area contributed by atoms with Crippen molar-refractivity contribution in [1.29, 1.82) is 0 Å². The molecule has 0 bridgehead atoms. The lowest BCUT2D eigenvalue weighted by atomic mass is 10.3. The Bertz CT molecular complexity index is 590. The van der Waals surface area contributed by atoms with Crippen LogP contribution in [0.5, 0.6) is 0 Å². The van der Waals surface area contributed by atoms with Crippen LogP contribution in [0.2, 0.25) is 0 Å². The minimum absolute atomic E-state index is 0.0710. The van der Waals surface area contributed by atoms with Gasteiger partial charge < -0.3 is 10.5 Å². The van der Waals surface area contributed by atoms with Gasteiger partial charge in [0, 0.05) is 6.20 Å². The van der Waals surface area contributed by atoms with Crippen LogP contribution in [0.1, 0.15) is 21.0 Å². The van der Waals surface area contributed by atoms with Crippen LogP contribution >= 0.6 is 0 Å². The number of esters is 1. The number of hydrogen-bond acceptors (Lipinski definition) is 6. The van der Waals surface area contributed by atoms with E-state index in [9.17, 15) is 9.59 Å². The van der Waals surface area contributed by atoms with Crippen LogP contribution in [-0.2, 0) is 4.74 Å². The molecule has 0 saturated heterocycles. The first-order valence-electron chi connectivity index (χ1n) is 4.88. The Morgan fingerprint density at radius 2 is 2.11 bits per heavy atom. The molecular formula is C10H9N5O3. The quantitative estimate of drug-likeness (QED) is 0.735. The Kier molecular flexibility index (Phi) is 3.00. The lowest BCUT2D eigenvalue weighted by molar-refractivity contribution is 0.0586. The summed E-state index contributed by atoms with van der Waals surface area (Å²) in [5.41, 5.74) is 5.37. The molecule has 2 N–H and O–H groups in total. The largest absolute Gasteiger partial charge is 0.463 e. The molecule has 0 radical (unpaired) electrons. The van der Waals surface area contributed by atoms with Gasteiger partial charge in [0.25, 0.3) is 5.82 Å². The molecule has 2 aromatic rings. The van der Waals surface area contributed by atoms with Crippen molar-refractivity contribution in [3.05, 3.63) is 36.0 Å². The van der Waals surface area contributed by atoms with Crippen LogP contribution in [0.3, 0.4) is 0 Å². The van der Waals surface area contributed by atoms with Gasteiger partial charge in [0.1, 0.15) is 6.33 Å². The predicted molar refractivity (Wildman–Crippen MR) is 59.0 cm³/mol. The number of nitrogens with two attached hydrogens (primary N) is 1. The van der Waals surface area contributed by atoms with Crippen molar-refractivity contribution in [3.8, 4) is 5.82 Å². The van der Waals surface area contributed by atoms with E-state index in [1.54, 1.807) is 0 Å². The zero-order chi connectivity index (χ0) is 13.1. The van der Waals surface area contributed by atoms with Gasteiger partial charge in [-0.25, -0.2) is 19.4 Å². The van der Waals surface area contributed by atoms with Gasteiger partial charge in [-0.1, -0.05) is 0 Å². The molecule has 0 fully saturated rings. The van der Waals surface area contributed by atoms with Crippen molar-refractivity contribution in [1.82, 2.24) is 19.7 Å². The number of carbonyl (C=O) groups excluding carboxylic acids is 2. The normalized spacial score (nSPS) is 10.1. The number of hydrogen-bond donors (Lipinski definition) is 1. The maximum Gasteiger partial charge on any atom is 0.377 e. The zero-order valence-electron chi connectivity index (χ0n) is 9.40. The first kappa shape index (κ1) is 11.7. The second-order valence-corrected chi connectivity index (χ2v) is 3.27. The summed E-state index contributed by atoms with van der Waals surface area (Å²) in [4.78, 5) is 29.8. The van der Waals surface area contributed by atoms with Crippen molar-refractivity contribution in [3.63, 3.8) is 0 Å². The summed E-state index contributed by atoms with van der Waals surface area (Å²) in [6, 6.07) is 3.04. The third kappa shape index (κ3) is 2.17. The van der Waals surface area contributed by atoms with E-state index < -0.39 is 11.9 Å². The number of nitrogens with zero attached hydrogens (tertiary/aromatic N) is 4. The molecule has 8 nitrogen and oxygen atoms in total. The van der Waals surface area contributed by atoms with E-state index in [0.29, 0.717) is 5.82 Å². The second-order valence-electron chi connectivity index (χ2n) is 3.27. The molecule has 8 heteroatoms. The highest BCUT2D eigenvalue weighted by molar-refractivity contribution is 5.92. The highest BCUT2D eigenvalue weighted by Gasteiger charge is 2.12. The van der Waals surface area contributed by atoms with Crippen molar-refractivity contribution in [2.75, 3.05) is 7.11 Å². The maximum atomic E-state index is 11.2. The average Bonchev–Trinajstić information content (AvgIpc) is 2.87. The highest BCUT2D eigenvalue weighted by atomic mass is 16.5. The predicted octanol–water partition coefficient (Wildman–Crippen LogP) is -0.452. The van der Waals surface area contributed by atoms with E-state index in [4.69, 9.17) is 5.73 Å². The summed E-state index contributed by atoms with van der Waals surface area (Å²) >= 11 is 0.